The van der Waals surface area contributed by atoms with Crippen LogP contribution in [0.3, 0.4) is 0 Å². The van der Waals surface area contributed by atoms with E-state index in [0.717, 1.165) is 0 Å². The highest BCUT2D eigenvalue weighted by Gasteiger charge is 1.32. The Balaban J connectivity index is -0.0000000275. The lowest BCUT2D eigenvalue weighted by molar-refractivity contribution is -0.176. The zero-order valence-electron chi connectivity index (χ0n) is 3.30. The van der Waals surface area contributed by atoms with Crippen molar-refractivity contribution in [3.05, 3.63) is 0 Å². The lowest BCUT2D eigenvalue weighted by Gasteiger charge is -1.51. The van der Waals surface area contributed by atoms with Crippen LogP contribution in [0, 0.1) is 0 Å². The van der Waals surface area contributed by atoms with Gasteiger partial charge in [-0.1, -0.05) is 0 Å². The zero-order valence-corrected chi connectivity index (χ0v) is 4.12. The maximum Gasteiger partial charge on any atom is 0.0814 e. The molecule has 0 aliphatic heterocycles. The van der Waals surface area contributed by atoms with E-state index < -0.39 is 0 Å². The molecule has 0 bridgehead atoms. The van der Waals surface area contributed by atoms with Gasteiger partial charge >= 0.3 is 0 Å². The van der Waals surface area contributed by atoms with Gasteiger partial charge in [0.25, 0.3) is 0 Å². The highest BCUT2D eigenvalue weighted by atomic mass is 32.2. The van der Waals surface area contributed by atoms with Gasteiger partial charge in [-0.3, -0.25) is 10.5 Å². The van der Waals surface area contributed by atoms with Crippen LogP contribution in [0.25, 0.3) is 0 Å². The fourth-order valence-corrected chi connectivity index (χ4v) is 0. The SMILES string of the molecule is B.CSC.OO. The van der Waals surface area contributed by atoms with Crippen LogP contribution in [0.1, 0.15) is 0 Å². The third-order valence-corrected chi connectivity index (χ3v) is 0. The minimum absolute atomic E-state index is 0. The first kappa shape index (κ1) is 16.2. The first-order chi connectivity index (χ1) is 2.41. The van der Waals surface area contributed by atoms with Crippen LogP contribution in [0.5, 0.6) is 0 Å². The molecule has 4 heteroatoms. The molecule has 40 valence electrons. The summed E-state index contributed by atoms with van der Waals surface area (Å²) in [4.78, 5) is 0. The van der Waals surface area contributed by atoms with E-state index in [-0.39, 0.29) is 8.41 Å². The molecular formula is C2H11BO2S. The molecule has 0 aromatic carbocycles. The van der Waals surface area contributed by atoms with Gasteiger partial charge in [0, 0.05) is 0 Å². The summed E-state index contributed by atoms with van der Waals surface area (Å²) in [5, 5.41) is 12.0. The highest BCUT2D eigenvalue weighted by Crippen LogP contribution is 1.70. The minimum Gasteiger partial charge on any atom is -0.255 e. The zero-order chi connectivity index (χ0) is 4.71. The van der Waals surface area contributed by atoms with Crippen LogP contribution < -0.4 is 0 Å². The molecule has 0 aliphatic rings. The van der Waals surface area contributed by atoms with Gasteiger partial charge < -0.3 is 0 Å². The van der Waals surface area contributed by atoms with Crippen molar-refractivity contribution < 1.29 is 10.5 Å². The molecule has 0 aromatic rings. The summed E-state index contributed by atoms with van der Waals surface area (Å²) in [5.41, 5.74) is 0. The van der Waals surface area contributed by atoms with Crippen molar-refractivity contribution in [1.82, 2.24) is 0 Å². The van der Waals surface area contributed by atoms with Gasteiger partial charge in [-0.25, -0.2) is 0 Å². The Morgan fingerprint density at radius 1 is 1.17 bits per heavy atom. The average molecular weight is 110 g/mol. The van der Waals surface area contributed by atoms with Crippen molar-refractivity contribution in [3.63, 3.8) is 0 Å². The van der Waals surface area contributed by atoms with E-state index in [1.807, 2.05) is 12.5 Å². The number of hydrogen-bond acceptors (Lipinski definition) is 3. The first-order valence-corrected chi connectivity index (χ1v) is 2.65. The molecule has 0 heterocycles. The van der Waals surface area contributed by atoms with Gasteiger partial charge in [-0.05, 0) is 12.5 Å². The minimum atomic E-state index is 0. The second kappa shape index (κ2) is 56.3. The average Bonchev–Trinajstić information content (AvgIpc) is 1.46. The Morgan fingerprint density at radius 3 is 1.17 bits per heavy atom. The molecule has 0 saturated heterocycles. The number of thioether (sulfide) groups is 1. The Labute approximate surface area is 44.1 Å². The van der Waals surface area contributed by atoms with Gasteiger partial charge in [0.2, 0.25) is 0 Å². The molecular weight excluding hydrogens is 98.9 g/mol. The van der Waals surface area contributed by atoms with Crippen molar-refractivity contribution in [2.45, 2.75) is 0 Å². The Bertz CT molecular complexity index is 11.5. The standard InChI is InChI=1S/C2H6S.BH3.H2O2/c1-3-2;;1-2/h1-2H3;1H3;1-2H. The lowest BCUT2D eigenvalue weighted by Crippen LogP contribution is -1.29. The van der Waals surface area contributed by atoms with Crippen molar-refractivity contribution in [3.8, 4) is 0 Å². The van der Waals surface area contributed by atoms with E-state index >= 15 is 0 Å². The van der Waals surface area contributed by atoms with Crippen molar-refractivity contribution >= 4 is 20.2 Å². The van der Waals surface area contributed by atoms with E-state index in [1.165, 1.54) is 0 Å². The van der Waals surface area contributed by atoms with E-state index in [2.05, 4.69) is 0 Å². The molecule has 0 unspecified atom stereocenters. The van der Waals surface area contributed by atoms with Crippen LogP contribution in [0.2, 0.25) is 0 Å². The Hall–Kier alpha value is 0.335. The topological polar surface area (TPSA) is 40.5 Å². The fraction of sp³-hybridized carbons (Fsp3) is 1.00. The molecule has 6 heavy (non-hydrogen) atoms. The van der Waals surface area contributed by atoms with E-state index in [0.29, 0.717) is 0 Å². The summed E-state index contributed by atoms with van der Waals surface area (Å²) in [6, 6.07) is 0. The van der Waals surface area contributed by atoms with E-state index in [9.17, 15) is 0 Å². The van der Waals surface area contributed by atoms with Gasteiger partial charge in [-0.15, -0.1) is 0 Å². The second-order valence-electron chi connectivity index (χ2n) is 0.408. The number of rotatable bonds is 0. The predicted octanol–water partition coefficient (Wildman–Crippen LogP) is -0.187. The monoisotopic (exact) mass is 110 g/mol. The van der Waals surface area contributed by atoms with Crippen molar-refractivity contribution in [2.24, 2.45) is 0 Å². The first-order valence-electron chi connectivity index (χ1n) is 1.02. The predicted molar refractivity (Wildman–Crippen MR) is 34.6 cm³/mol. The Kier molecular flexibility index (Phi) is 152. The maximum atomic E-state index is 6.00. The summed E-state index contributed by atoms with van der Waals surface area (Å²) >= 11 is 1.75. The van der Waals surface area contributed by atoms with Crippen molar-refractivity contribution in [1.29, 1.82) is 0 Å². The molecule has 0 aliphatic carbocycles. The normalized spacial score (nSPS) is 4.00. The smallest absolute Gasteiger partial charge is 0.0814 e. The quantitative estimate of drug-likeness (QED) is 0.258. The summed E-state index contributed by atoms with van der Waals surface area (Å²) in [6.45, 7) is 0. The molecule has 0 atom stereocenters. The molecule has 0 amide bonds. The summed E-state index contributed by atoms with van der Waals surface area (Å²) in [5.74, 6) is 0. The highest BCUT2D eigenvalue weighted by molar-refractivity contribution is 7.97. The molecule has 0 saturated carbocycles. The van der Waals surface area contributed by atoms with Crippen LogP contribution >= 0.6 is 11.8 Å². The third kappa shape index (κ3) is 430. The van der Waals surface area contributed by atoms with E-state index in [1.54, 1.807) is 11.8 Å². The lowest BCUT2D eigenvalue weighted by atomic mass is 10.8. The molecule has 2 N–H and O–H groups in total. The van der Waals surface area contributed by atoms with Gasteiger partial charge in [0.15, 0.2) is 0 Å². The fourth-order valence-electron chi connectivity index (χ4n) is 0. The number of hydrogen-bond donors (Lipinski definition) is 2. The molecule has 0 spiro atoms. The molecule has 0 aromatic heterocycles. The summed E-state index contributed by atoms with van der Waals surface area (Å²) in [7, 11) is 0. The molecule has 0 fully saturated rings. The van der Waals surface area contributed by atoms with Crippen LogP contribution in [0.15, 0.2) is 0 Å². The van der Waals surface area contributed by atoms with Crippen LogP contribution in [-0.4, -0.2) is 31.4 Å². The molecule has 0 radical (unpaired) electrons. The molecule has 0 rings (SSSR count). The summed E-state index contributed by atoms with van der Waals surface area (Å²) < 4.78 is 0. The Morgan fingerprint density at radius 2 is 1.17 bits per heavy atom. The second-order valence-corrected chi connectivity index (χ2v) is 1.22. The third-order valence-electron chi connectivity index (χ3n) is 0. The van der Waals surface area contributed by atoms with Gasteiger partial charge in [-0.2, -0.15) is 11.8 Å². The van der Waals surface area contributed by atoms with Crippen LogP contribution in [0.4, 0.5) is 0 Å². The van der Waals surface area contributed by atoms with Gasteiger partial charge in [0.1, 0.15) is 0 Å². The maximum absolute atomic E-state index is 6.00. The largest absolute Gasteiger partial charge is 0.255 e. The van der Waals surface area contributed by atoms with Gasteiger partial charge in [0.05, 0.1) is 8.41 Å². The molecule has 2 nitrogen and oxygen atoms in total. The van der Waals surface area contributed by atoms with E-state index in [4.69, 9.17) is 10.5 Å². The van der Waals surface area contributed by atoms with Crippen molar-refractivity contribution in [2.75, 3.05) is 12.5 Å². The van der Waals surface area contributed by atoms with Crippen LogP contribution in [-0.2, 0) is 0 Å². The summed E-state index contributed by atoms with van der Waals surface area (Å²) in [6.07, 6.45) is 4.08.